The number of anilines is 1. The van der Waals surface area contributed by atoms with Gasteiger partial charge in [-0.1, -0.05) is 23.5 Å². The number of fused-ring (bicyclic) bond motifs is 1. The Kier molecular flexibility index (Phi) is 2.71. The highest BCUT2D eigenvalue weighted by Gasteiger charge is 2.13. The van der Waals surface area contributed by atoms with Crippen LogP contribution in [-0.4, -0.2) is 16.7 Å². The summed E-state index contributed by atoms with van der Waals surface area (Å²) in [7, 11) is 0. The molecule has 6 heteroatoms. The predicted octanol–water partition coefficient (Wildman–Crippen LogP) is 3.52. The highest BCUT2D eigenvalue weighted by Crippen LogP contribution is 2.32. The van der Waals surface area contributed by atoms with Gasteiger partial charge in [0.05, 0.1) is 0 Å². The van der Waals surface area contributed by atoms with Gasteiger partial charge in [-0.05, 0) is 19.1 Å². The maximum Gasteiger partial charge on any atom is 0.206 e. The summed E-state index contributed by atoms with van der Waals surface area (Å²) < 4.78 is 19.0. The van der Waals surface area contributed by atoms with Crippen molar-refractivity contribution in [3.8, 4) is 10.8 Å². The molecule has 1 aromatic carbocycles. The van der Waals surface area contributed by atoms with Crippen LogP contribution in [0.15, 0.2) is 28.7 Å². The predicted molar refractivity (Wildman–Crippen MR) is 69.2 cm³/mol. The van der Waals surface area contributed by atoms with Crippen LogP contribution in [-0.2, 0) is 0 Å². The van der Waals surface area contributed by atoms with Crippen LogP contribution in [0.4, 0.5) is 9.52 Å². The molecule has 3 rings (SSSR count). The van der Waals surface area contributed by atoms with E-state index in [1.807, 2.05) is 6.92 Å². The Morgan fingerprint density at radius 1 is 1.39 bits per heavy atom. The second kappa shape index (κ2) is 4.38. The second-order valence-electron chi connectivity index (χ2n) is 3.71. The lowest BCUT2D eigenvalue weighted by atomic mass is 10.2. The molecule has 0 saturated heterocycles. The van der Waals surface area contributed by atoms with Gasteiger partial charge in [-0.25, -0.2) is 4.39 Å². The lowest BCUT2D eigenvalue weighted by Crippen LogP contribution is -1.94. The van der Waals surface area contributed by atoms with Crippen molar-refractivity contribution in [2.75, 3.05) is 11.9 Å². The molecule has 0 fully saturated rings. The largest absolute Gasteiger partial charge is 0.450 e. The first-order chi connectivity index (χ1) is 8.78. The normalized spacial score (nSPS) is 11.0. The van der Waals surface area contributed by atoms with Crippen LogP contribution >= 0.6 is 11.3 Å². The van der Waals surface area contributed by atoms with Gasteiger partial charge < -0.3 is 9.73 Å². The molecule has 2 aromatic heterocycles. The highest BCUT2D eigenvalue weighted by molar-refractivity contribution is 7.18. The van der Waals surface area contributed by atoms with E-state index in [0.29, 0.717) is 10.8 Å². The van der Waals surface area contributed by atoms with Crippen LogP contribution in [0.25, 0.3) is 21.7 Å². The summed E-state index contributed by atoms with van der Waals surface area (Å²) in [6, 6.07) is 6.60. The maximum absolute atomic E-state index is 13.5. The van der Waals surface area contributed by atoms with Gasteiger partial charge in [0, 0.05) is 11.9 Å². The van der Waals surface area contributed by atoms with Crippen LogP contribution in [0.3, 0.4) is 0 Å². The molecule has 4 nitrogen and oxygen atoms in total. The van der Waals surface area contributed by atoms with Crippen molar-refractivity contribution in [3.05, 3.63) is 30.1 Å². The number of nitrogens with one attached hydrogen (secondary N) is 1. The Labute approximate surface area is 106 Å². The van der Waals surface area contributed by atoms with E-state index in [1.54, 1.807) is 18.2 Å². The third kappa shape index (κ3) is 1.84. The average molecular weight is 263 g/mol. The van der Waals surface area contributed by atoms with Crippen LogP contribution in [0, 0.1) is 5.82 Å². The van der Waals surface area contributed by atoms with Crippen molar-refractivity contribution < 1.29 is 8.81 Å². The molecule has 2 heterocycles. The number of hydrogen-bond donors (Lipinski definition) is 1. The number of para-hydroxylation sites is 1. The van der Waals surface area contributed by atoms with Crippen LogP contribution in [0.5, 0.6) is 0 Å². The van der Waals surface area contributed by atoms with E-state index in [4.69, 9.17) is 4.42 Å². The van der Waals surface area contributed by atoms with Crippen molar-refractivity contribution in [1.82, 2.24) is 10.2 Å². The first-order valence-corrected chi connectivity index (χ1v) is 6.35. The van der Waals surface area contributed by atoms with Crippen LogP contribution in [0.1, 0.15) is 6.92 Å². The topological polar surface area (TPSA) is 51.0 Å². The molecule has 0 saturated carbocycles. The first-order valence-electron chi connectivity index (χ1n) is 5.53. The molecule has 0 amide bonds. The molecule has 92 valence electrons. The van der Waals surface area contributed by atoms with Gasteiger partial charge in [-0.15, -0.1) is 10.2 Å². The Morgan fingerprint density at radius 3 is 3.06 bits per heavy atom. The monoisotopic (exact) mass is 263 g/mol. The molecule has 18 heavy (non-hydrogen) atoms. The van der Waals surface area contributed by atoms with Crippen molar-refractivity contribution in [1.29, 1.82) is 0 Å². The van der Waals surface area contributed by atoms with Gasteiger partial charge in [0.1, 0.15) is 0 Å². The first kappa shape index (κ1) is 11.2. The molecule has 0 aliphatic carbocycles. The molecule has 0 aliphatic heterocycles. The summed E-state index contributed by atoms with van der Waals surface area (Å²) in [6.07, 6.45) is 0. The van der Waals surface area contributed by atoms with Crippen LogP contribution < -0.4 is 5.32 Å². The van der Waals surface area contributed by atoms with E-state index < -0.39 is 0 Å². The number of aromatic nitrogens is 2. The lowest BCUT2D eigenvalue weighted by molar-refractivity contribution is 0.568. The molecular weight excluding hydrogens is 253 g/mol. The second-order valence-corrected chi connectivity index (χ2v) is 4.69. The quantitative estimate of drug-likeness (QED) is 0.785. The van der Waals surface area contributed by atoms with E-state index >= 15 is 0 Å². The minimum absolute atomic E-state index is 0.257. The Balaban J connectivity index is 2.05. The van der Waals surface area contributed by atoms with Crippen molar-refractivity contribution >= 4 is 27.4 Å². The van der Waals surface area contributed by atoms with Crippen molar-refractivity contribution in [2.24, 2.45) is 0 Å². The van der Waals surface area contributed by atoms with Gasteiger partial charge >= 0.3 is 0 Å². The SMILES string of the molecule is CCNc1nnc(-c2cc3cccc(F)c3o2)s1. The minimum atomic E-state index is -0.366. The summed E-state index contributed by atoms with van der Waals surface area (Å²) in [4.78, 5) is 0. The number of rotatable bonds is 3. The van der Waals surface area contributed by atoms with E-state index in [1.165, 1.54) is 17.4 Å². The minimum Gasteiger partial charge on any atom is -0.450 e. The van der Waals surface area contributed by atoms with Gasteiger partial charge in [0.25, 0.3) is 0 Å². The third-order valence-corrected chi connectivity index (χ3v) is 3.36. The zero-order chi connectivity index (χ0) is 12.5. The van der Waals surface area contributed by atoms with E-state index in [-0.39, 0.29) is 11.4 Å². The third-order valence-electron chi connectivity index (χ3n) is 2.46. The Hall–Kier alpha value is -1.95. The highest BCUT2D eigenvalue weighted by atomic mass is 32.1. The molecule has 0 unspecified atom stereocenters. The number of halogens is 1. The number of furan rings is 1. The molecule has 0 spiro atoms. The zero-order valence-corrected chi connectivity index (χ0v) is 10.4. The summed E-state index contributed by atoms with van der Waals surface area (Å²) in [5.74, 6) is 0.173. The lowest BCUT2D eigenvalue weighted by Gasteiger charge is -1.91. The van der Waals surface area contributed by atoms with Crippen molar-refractivity contribution in [2.45, 2.75) is 6.92 Å². The van der Waals surface area contributed by atoms with Gasteiger partial charge in [-0.3, -0.25) is 0 Å². The van der Waals surface area contributed by atoms with E-state index in [2.05, 4.69) is 15.5 Å². The molecule has 0 radical (unpaired) electrons. The van der Waals surface area contributed by atoms with Gasteiger partial charge in [0.2, 0.25) is 5.13 Å². The van der Waals surface area contributed by atoms with E-state index in [9.17, 15) is 4.39 Å². The molecule has 3 aromatic rings. The maximum atomic E-state index is 13.5. The number of benzene rings is 1. The fourth-order valence-corrected chi connectivity index (χ4v) is 2.44. The fraction of sp³-hybridized carbons (Fsp3) is 0.167. The van der Waals surface area contributed by atoms with E-state index in [0.717, 1.165) is 17.1 Å². The summed E-state index contributed by atoms with van der Waals surface area (Å²) in [5.41, 5.74) is 0.257. The number of nitrogens with zero attached hydrogens (tertiary/aromatic N) is 2. The average Bonchev–Trinajstić information content (AvgIpc) is 2.96. The molecule has 1 N–H and O–H groups in total. The summed E-state index contributed by atoms with van der Waals surface area (Å²) in [5, 5.41) is 13.2. The van der Waals surface area contributed by atoms with Crippen LogP contribution in [0.2, 0.25) is 0 Å². The Morgan fingerprint density at radius 2 is 2.28 bits per heavy atom. The standard InChI is InChI=1S/C12H10FN3OS/c1-2-14-12-16-15-11(18-12)9-6-7-4-3-5-8(13)10(7)17-9/h3-6H,2H2,1H3,(H,14,16). The molecular formula is C12H10FN3OS. The molecule has 0 bridgehead atoms. The molecule has 0 aliphatic rings. The summed E-state index contributed by atoms with van der Waals surface area (Å²) >= 11 is 1.38. The Bertz CT molecular complexity index is 692. The zero-order valence-electron chi connectivity index (χ0n) is 9.61. The van der Waals surface area contributed by atoms with Gasteiger partial charge in [0.15, 0.2) is 22.2 Å². The molecule has 0 atom stereocenters. The fourth-order valence-electron chi connectivity index (χ4n) is 1.68. The van der Waals surface area contributed by atoms with Crippen molar-refractivity contribution in [3.63, 3.8) is 0 Å². The smallest absolute Gasteiger partial charge is 0.206 e. The summed E-state index contributed by atoms with van der Waals surface area (Å²) in [6.45, 7) is 2.76. The number of hydrogen-bond acceptors (Lipinski definition) is 5. The van der Waals surface area contributed by atoms with Gasteiger partial charge in [-0.2, -0.15) is 0 Å².